The number of nitrogens with one attached hydrogen (secondary N) is 1. The summed E-state index contributed by atoms with van der Waals surface area (Å²) in [6.45, 7) is 4.30. The third kappa shape index (κ3) is 5.53. The van der Waals surface area contributed by atoms with Crippen molar-refractivity contribution in [3.8, 4) is 0 Å². The van der Waals surface area contributed by atoms with Crippen molar-refractivity contribution in [3.63, 3.8) is 0 Å². The van der Waals surface area contributed by atoms with Gasteiger partial charge in [-0.15, -0.1) is 0 Å². The average Bonchev–Trinajstić information content (AvgIpc) is 2.71. The van der Waals surface area contributed by atoms with Crippen LogP contribution in [0.1, 0.15) is 12.0 Å². The molecule has 0 aliphatic carbocycles. The number of aromatic nitrogens is 2. The van der Waals surface area contributed by atoms with Crippen LogP contribution in [-0.4, -0.2) is 59.1 Å². The van der Waals surface area contributed by atoms with Crippen LogP contribution < -0.4 is 10.2 Å². The van der Waals surface area contributed by atoms with E-state index >= 15 is 0 Å². The summed E-state index contributed by atoms with van der Waals surface area (Å²) in [6.07, 6.45) is -0.609. The molecule has 0 spiro atoms. The third-order valence-electron chi connectivity index (χ3n) is 4.69. The minimum atomic E-state index is -4.66. The van der Waals surface area contributed by atoms with Gasteiger partial charge in [0, 0.05) is 62.9 Å². The molecule has 1 aliphatic heterocycles. The van der Waals surface area contributed by atoms with Crippen molar-refractivity contribution >= 4 is 17.3 Å². The first-order chi connectivity index (χ1) is 13.8. The summed E-state index contributed by atoms with van der Waals surface area (Å²) in [5.41, 5.74) is -1.75. The number of non-ortho nitro benzene ring substituents is 1. The van der Waals surface area contributed by atoms with Crippen LogP contribution in [0, 0.1) is 10.1 Å². The fourth-order valence-corrected chi connectivity index (χ4v) is 3.19. The Labute approximate surface area is 165 Å². The Morgan fingerprint density at radius 2 is 1.83 bits per heavy atom. The molecule has 29 heavy (non-hydrogen) atoms. The molecule has 1 aromatic heterocycles. The van der Waals surface area contributed by atoms with Crippen LogP contribution in [0.5, 0.6) is 0 Å². The lowest BCUT2D eigenvalue weighted by molar-refractivity contribution is -0.385. The van der Waals surface area contributed by atoms with Crippen LogP contribution in [-0.2, 0) is 6.18 Å². The number of hydrogen-bond acceptors (Lipinski definition) is 7. The SMILES string of the molecule is O=[N+]([O-])c1ccc(NCCCN2CCN(c3ncccn3)CC2)c(C(F)(F)F)c1. The maximum Gasteiger partial charge on any atom is 0.418 e. The summed E-state index contributed by atoms with van der Waals surface area (Å²) in [4.78, 5) is 22.7. The van der Waals surface area contributed by atoms with Gasteiger partial charge in [0.05, 0.1) is 10.5 Å². The van der Waals surface area contributed by atoms with Gasteiger partial charge in [0.15, 0.2) is 0 Å². The first kappa shape index (κ1) is 20.8. The molecule has 3 rings (SSSR count). The van der Waals surface area contributed by atoms with Crippen LogP contribution in [0.25, 0.3) is 0 Å². The lowest BCUT2D eigenvalue weighted by Gasteiger charge is -2.34. The quantitative estimate of drug-likeness (QED) is 0.426. The Morgan fingerprint density at radius 3 is 2.45 bits per heavy atom. The van der Waals surface area contributed by atoms with E-state index in [0.29, 0.717) is 25.0 Å². The van der Waals surface area contributed by atoms with E-state index in [1.165, 1.54) is 0 Å². The summed E-state index contributed by atoms with van der Waals surface area (Å²) in [6, 6.07) is 4.51. The van der Waals surface area contributed by atoms with Crippen molar-refractivity contribution in [1.29, 1.82) is 0 Å². The number of benzene rings is 1. The Kier molecular flexibility index (Phi) is 6.47. The molecule has 8 nitrogen and oxygen atoms in total. The second-order valence-corrected chi connectivity index (χ2v) is 6.64. The number of piperazine rings is 1. The molecular formula is C18H21F3N6O2. The lowest BCUT2D eigenvalue weighted by atomic mass is 10.1. The number of hydrogen-bond donors (Lipinski definition) is 1. The Hall–Kier alpha value is -2.95. The number of nitro benzene ring substituents is 1. The van der Waals surface area contributed by atoms with Gasteiger partial charge in [0.25, 0.3) is 5.69 Å². The molecule has 1 N–H and O–H groups in total. The number of nitro groups is 1. The van der Waals surface area contributed by atoms with Crippen LogP contribution in [0.4, 0.5) is 30.5 Å². The molecule has 156 valence electrons. The van der Waals surface area contributed by atoms with Gasteiger partial charge in [-0.05, 0) is 25.1 Å². The van der Waals surface area contributed by atoms with E-state index in [0.717, 1.165) is 44.9 Å². The average molecular weight is 410 g/mol. The minimum Gasteiger partial charge on any atom is -0.384 e. The number of halogens is 3. The highest BCUT2D eigenvalue weighted by atomic mass is 19.4. The maximum atomic E-state index is 13.2. The molecule has 1 saturated heterocycles. The van der Waals surface area contributed by atoms with E-state index in [-0.39, 0.29) is 5.69 Å². The van der Waals surface area contributed by atoms with Gasteiger partial charge in [-0.25, -0.2) is 9.97 Å². The highest BCUT2D eigenvalue weighted by Gasteiger charge is 2.35. The molecule has 11 heteroatoms. The molecule has 0 radical (unpaired) electrons. The van der Waals surface area contributed by atoms with Gasteiger partial charge in [-0.3, -0.25) is 15.0 Å². The molecule has 1 fully saturated rings. The summed E-state index contributed by atoms with van der Waals surface area (Å²) >= 11 is 0. The molecule has 0 atom stereocenters. The van der Waals surface area contributed by atoms with Gasteiger partial charge in [-0.2, -0.15) is 13.2 Å². The van der Waals surface area contributed by atoms with E-state index in [2.05, 4.69) is 25.1 Å². The molecule has 1 aromatic carbocycles. The largest absolute Gasteiger partial charge is 0.418 e. The fraction of sp³-hybridized carbons (Fsp3) is 0.444. The van der Waals surface area contributed by atoms with Crippen molar-refractivity contribution in [2.24, 2.45) is 0 Å². The van der Waals surface area contributed by atoms with Crippen molar-refractivity contribution in [3.05, 3.63) is 52.3 Å². The van der Waals surface area contributed by atoms with Crippen molar-refractivity contribution in [1.82, 2.24) is 14.9 Å². The molecule has 1 aliphatic rings. The van der Waals surface area contributed by atoms with Crippen molar-refractivity contribution in [2.75, 3.05) is 49.5 Å². The molecule has 2 heterocycles. The summed E-state index contributed by atoms with van der Waals surface area (Å²) in [7, 11) is 0. The highest BCUT2D eigenvalue weighted by Crippen LogP contribution is 2.37. The molecule has 0 unspecified atom stereocenters. The fourth-order valence-electron chi connectivity index (χ4n) is 3.19. The van der Waals surface area contributed by atoms with E-state index in [9.17, 15) is 23.3 Å². The topological polar surface area (TPSA) is 87.4 Å². The standard InChI is InChI=1S/C18H21F3N6O2/c19-18(20,21)15-13-14(27(28)29)3-4-16(15)22-7-2-8-25-9-11-26(12-10-25)17-23-5-1-6-24-17/h1,3-6,13,22H,2,7-12H2. The molecular weight excluding hydrogens is 389 g/mol. The van der Waals surface area contributed by atoms with Crippen molar-refractivity contribution < 1.29 is 18.1 Å². The van der Waals surface area contributed by atoms with Crippen LogP contribution in [0.2, 0.25) is 0 Å². The smallest absolute Gasteiger partial charge is 0.384 e. The molecule has 0 saturated carbocycles. The van der Waals surface area contributed by atoms with E-state index in [1.54, 1.807) is 18.5 Å². The normalized spacial score (nSPS) is 15.3. The van der Waals surface area contributed by atoms with Gasteiger partial charge in [0.1, 0.15) is 0 Å². The predicted molar refractivity (Wildman–Crippen MR) is 102 cm³/mol. The first-order valence-electron chi connectivity index (χ1n) is 9.18. The van der Waals surface area contributed by atoms with Gasteiger partial charge < -0.3 is 10.2 Å². The second kappa shape index (κ2) is 9.03. The van der Waals surface area contributed by atoms with Gasteiger partial charge in [-0.1, -0.05) is 0 Å². The number of alkyl halides is 3. The van der Waals surface area contributed by atoms with Crippen LogP contribution in [0.3, 0.4) is 0 Å². The Morgan fingerprint density at radius 1 is 1.14 bits per heavy atom. The molecule has 2 aromatic rings. The molecule has 0 bridgehead atoms. The zero-order valence-electron chi connectivity index (χ0n) is 15.6. The van der Waals surface area contributed by atoms with Crippen molar-refractivity contribution in [2.45, 2.75) is 12.6 Å². The number of nitrogens with zero attached hydrogens (tertiary/aromatic N) is 5. The monoisotopic (exact) mass is 410 g/mol. The third-order valence-corrected chi connectivity index (χ3v) is 4.69. The minimum absolute atomic E-state index is 0.144. The lowest BCUT2D eigenvalue weighted by Crippen LogP contribution is -2.47. The van der Waals surface area contributed by atoms with E-state index < -0.39 is 22.4 Å². The summed E-state index contributed by atoms with van der Waals surface area (Å²) in [5.74, 6) is 0.701. The Balaban J connectivity index is 1.47. The molecule has 0 amide bonds. The Bertz CT molecular complexity index is 826. The maximum absolute atomic E-state index is 13.2. The van der Waals surface area contributed by atoms with Gasteiger partial charge >= 0.3 is 6.18 Å². The van der Waals surface area contributed by atoms with E-state index in [4.69, 9.17) is 0 Å². The highest BCUT2D eigenvalue weighted by molar-refractivity contribution is 5.57. The zero-order valence-corrected chi connectivity index (χ0v) is 15.6. The first-order valence-corrected chi connectivity index (χ1v) is 9.18. The zero-order chi connectivity index (χ0) is 20.9. The van der Waals surface area contributed by atoms with Gasteiger partial charge in [0.2, 0.25) is 5.95 Å². The number of anilines is 2. The van der Waals surface area contributed by atoms with E-state index in [1.807, 2.05) is 0 Å². The van der Waals surface area contributed by atoms with Crippen LogP contribution in [0.15, 0.2) is 36.7 Å². The predicted octanol–water partition coefficient (Wildman–Crippen LogP) is 3.03. The summed E-state index contributed by atoms with van der Waals surface area (Å²) in [5, 5.41) is 13.5. The second-order valence-electron chi connectivity index (χ2n) is 6.64. The summed E-state index contributed by atoms with van der Waals surface area (Å²) < 4.78 is 39.5. The number of rotatable bonds is 7. The van der Waals surface area contributed by atoms with Crippen LogP contribution >= 0.6 is 0 Å².